The molecule has 1 N–H and O–H groups in total. The van der Waals surface area contributed by atoms with Gasteiger partial charge in [-0.3, -0.25) is 9.89 Å². The van der Waals surface area contributed by atoms with Gasteiger partial charge >= 0.3 is 5.97 Å². The largest absolute Gasteiger partial charge is 0.469 e. The van der Waals surface area contributed by atoms with Crippen LogP contribution < -0.4 is 0 Å². The molecule has 1 aromatic heterocycles. The summed E-state index contributed by atoms with van der Waals surface area (Å²) in [6.07, 6.45) is 3.28. The Morgan fingerprint density at radius 3 is 3.25 bits per heavy atom. The maximum Gasteiger partial charge on any atom is 0.309 e. The van der Waals surface area contributed by atoms with Gasteiger partial charge in [-0.15, -0.1) is 0 Å². The fraction of sp³-hybridized carbons (Fsp3) is 0.500. The van der Waals surface area contributed by atoms with Crippen LogP contribution in [0.25, 0.3) is 0 Å². The van der Waals surface area contributed by atoms with Gasteiger partial charge in [-0.2, -0.15) is 5.10 Å². The Hall–Kier alpha value is -1.32. The summed E-state index contributed by atoms with van der Waals surface area (Å²) in [4.78, 5) is 11.1. The molecule has 0 aromatic carbocycles. The molecule has 4 nitrogen and oxygen atoms in total. The van der Waals surface area contributed by atoms with Crippen LogP contribution in [0.4, 0.5) is 0 Å². The Morgan fingerprint density at radius 2 is 2.58 bits per heavy atom. The summed E-state index contributed by atoms with van der Waals surface area (Å²) in [6.45, 7) is 0. The molecular formula is C8H10N2O2. The number of carbonyl (C=O) groups is 1. The quantitative estimate of drug-likeness (QED) is 0.610. The number of nitrogens with one attached hydrogen (secondary N) is 1. The maximum atomic E-state index is 11.1. The van der Waals surface area contributed by atoms with E-state index in [9.17, 15) is 4.79 Å². The van der Waals surface area contributed by atoms with E-state index in [4.69, 9.17) is 0 Å². The van der Waals surface area contributed by atoms with Crippen molar-refractivity contribution in [3.05, 3.63) is 17.5 Å². The number of nitrogens with zero attached hydrogens (tertiary/aromatic N) is 1. The standard InChI is InChI=1S/C8H10N2O2/c1-12-8(11)5-2-6-4-9-10-7(6)3-5/h4-5H,2-3H2,1H3,(H,9,10). The number of esters is 1. The summed E-state index contributed by atoms with van der Waals surface area (Å²) in [5.41, 5.74) is 2.22. The number of fused-ring (bicyclic) bond motifs is 1. The molecule has 0 spiro atoms. The summed E-state index contributed by atoms with van der Waals surface area (Å²) in [5, 5.41) is 6.76. The molecule has 1 aliphatic rings. The average Bonchev–Trinajstić information content (AvgIpc) is 2.60. The van der Waals surface area contributed by atoms with Crippen LogP contribution in [0.1, 0.15) is 11.3 Å². The maximum absolute atomic E-state index is 11.1. The molecule has 0 saturated carbocycles. The van der Waals surface area contributed by atoms with Crippen LogP contribution >= 0.6 is 0 Å². The lowest BCUT2D eigenvalue weighted by Gasteiger charge is -2.04. The molecule has 1 heterocycles. The number of rotatable bonds is 1. The van der Waals surface area contributed by atoms with E-state index in [1.165, 1.54) is 7.11 Å². The van der Waals surface area contributed by atoms with Crippen LogP contribution in [0.5, 0.6) is 0 Å². The molecule has 0 saturated heterocycles. The first-order valence-electron chi connectivity index (χ1n) is 3.90. The van der Waals surface area contributed by atoms with E-state index in [0.717, 1.165) is 24.1 Å². The van der Waals surface area contributed by atoms with Gasteiger partial charge in [-0.25, -0.2) is 0 Å². The predicted octanol–water partition coefficient (Wildman–Crippen LogP) is 0.297. The highest BCUT2D eigenvalue weighted by atomic mass is 16.5. The molecule has 0 radical (unpaired) electrons. The van der Waals surface area contributed by atoms with E-state index >= 15 is 0 Å². The molecule has 2 rings (SSSR count). The van der Waals surface area contributed by atoms with Crippen molar-refractivity contribution in [3.63, 3.8) is 0 Å². The van der Waals surface area contributed by atoms with Gasteiger partial charge in [-0.1, -0.05) is 0 Å². The Balaban J connectivity index is 2.12. The van der Waals surface area contributed by atoms with Gasteiger partial charge in [0.15, 0.2) is 0 Å². The summed E-state index contributed by atoms with van der Waals surface area (Å²) in [5.74, 6) is -0.126. The lowest BCUT2D eigenvalue weighted by Crippen LogP contribution is -2.16. The van der Waals surface area contributed by atoms with Crippen molar-refractivity contribution in [2.75, 3.05) is 7.11 Å². The minimum absolute atomic E-state index is 0.000694. The van der Waals surface area contributed by atoms with E-state index in [1.54, 1.807) is 6.20 Å². The average molecular weight is 166 g/mol. The molecule has 1 unspecified atom stereocenters. The summed E-state index contributed by atoms with van der Waals surface area (Å²) in [6, 6.07) is 0. The molecule has 4 heteroatoms. The molecule has 0 aliphatic heterocycles. The predicted molar refractivity (Wildman–Crippen MR) is 41.5 cm³/mol. The van der Waals surface area contributed by atoms with Crippen molar-refractivity contribution in [2.45, 2.75) is 12.8 Å². The van der Waals surface area contributed by atoms with Crippen molar-refractivity contribution in [1.29, 1.82) is 0 Å². The van der Waals surface area contributed by atoms with Gasteiger partial charge in [0.1, 0.15) is 0 Å². The number of aromatic nitrogens is 2. The van der Waals surface area contributed by atoms with Crippen molar-refractivity contribution in [3.8, 4) is 0 Å². The number of methoxy groups -OCH3 is 1. The third-order valence-corrected chi connectivity index (χ3v) is 2.26. The van der Waals surface area contributed by atoms with Gasteiger partial charge < -0.3 is 4.74 Å². The number of aromatic amines is 1. The highest BCUT2D eigenvalue weighted by Crippen LogP contribution is 2.24. The van der Waals surface area contributed by atoms with E-state index in [-0.39, 0.29) is 11.9 Å². The zero-order chi connectivity index (χ0) is 8.55. The molecule has 12 heavy (non-hydrogen) atoms. The topological polar surface area (TPSA) is 55.0 Å². The Kier molecular flexibility index (Phi) is 1.60. The Morgan fingerprint density at radius 1 is 1.75 bits per heavy atom. The van der Waals surface area contributed by atoms with Crippen molar-refractivity contribution < 1.29 is 9.53 Å². The van der Waals surface area contributed by atoms with E-state index < -0.39 is 0 Å². The highest BCUT2D eigenvalue weighted by Gasteiger charge is 2.29. The minimum Gasteiger partial charge on any atom is -0.469 e. The first-order chi connectivity index (χ1) is 5.81. The van der Waals surface area contributed by atoms with Crippen LogP contribution in [0.15, 0.2) is 6.20 Å². The third kappa shape index (κ3) is 0.995. The molecule has 0 amide bonds. The number of H-pyrrole nitrogens is 1. The third-order valence-electron chi connectivity index (χ3n) is 2.26. The van der Waals surface area contributed by atoms with Crippen molar-refractivity contribution in [1.82, 2.24) is 10.2 Å². The van der Waals surface area contributed by atoms with Crippen molar-refractivity contribution >= 4 is 5.97 Å². The number of ether oxygens (including phenoxy) is 1. The molecule has 0 fully saturated rings. The lowest BCUT2D eigenvalue weighted by molar-refractivity contribution is -0.145. The molecule has 64 valence electrons. The molecule has 1 atom stereocenters. The second-order valence-electron chi connectivity index (χ2n) is 3.00. The van der Waals surface area contributed by atoms with Crippen LogP contribution in [0.2, 0.25) is 0 Å². The van der Waals surface area contributed by atoms with Gasteiger partial charge in [0.05, 0.1) is 19.2 Å². The van der Waals surface area contributed by atoms with E-state index in [1.807, 2.05) is 0 Å². The van der Waals surface area contributed by atoms with Gasteiger partial charge in [0.25, 0.3) is 0 Å². The second-order valence-corrected chi connectivity index (χ2v) is 3.00. The second kappa shape index (κ2) is 2.62. The Bertz CT molecular complexity index is 285. The van der Waals surface area contributed by atoms with Gasteiger partial charge in [-0.05, 0) is 12.0 Å². The monoisotopic (exact) mass is 166 g/mol. The fourth-order valence-corrected chi connectivity index (χ4v) is 1.61. The lowest BCUT2D eigenvalue weighted by atomic mass is 10.1. The van der Waals surface area contributed by atoms with Gasteiger partial charge in [0.2, 0.25) is 0 Å². The molecule has 1 aliphatic carbocycles. The summed E-state index contributed by atoms with van der Waals surface area (Å²) >= 11 is 0. The first-order valence-corrected chi connectivity index (χ1v) is 3.90. The first kappa shape index (κ1) is 7.34. The normalized spacial score (nSPS) is 20.6. The van der Waals surface area contributed by atoms with Crippen LogP contribution in [0.3, 0.4) is 0 Å². The fourth-order valence-electron chi connectivity index (χ4n) is 1.61. The smallest absolute Gasteiger partial charge is 0.309 e. The Labute approximate surface area is 69.9 Å². The molecule has 0 bridgehead atoms. The SMILES string of the molecule is COC(=O)C1Cc2cn[nH]c2C1. The van der Waals surface area contributed by atoms with Crippen molar-refractivity contribution in [2.24, 2.45) is 5.92 Å². The zero-order valence-corrected chi connectivity index (χ0v) is 6.83. The number of hydrogen-bond acceptors (Lipinski definition) is 3. The summed E-state index contributed by atoms with van der Waals surface area (Å²) in [7, 11) is 1.42. The van der Waals surface area contributed by atoms with Crippen LogP contribution in [-0.4, -0.2) is 23.3 Å². The number of hydrogen-bond donors (Lipinski definition) is 1. The molecular weight excluding hydrogens is 156 g/mol. The highest BCUT2D eigenvalue weighted by molar-refractivity contribution is 5.74. The van der Waals surface area contributed by atoms with E-state index in [0.29, 0.717) is 0 Å². The minimum atomic E-state index is -0.125. The van der Waals surface area contributed by atoms with Gasteiger partial charge in [0, 0.05) is 12.1 Å². The number of carbonyl (C=O) groups excluding carboxylic acids is 1. The van der Waals surface area contributed by atoms with Crippen LogP contribution in [0, 0.1) is 5.92 Å². The molecule has 1 aromatic rings. The summed E-state index contributed by atoms with van der Waals surface area (Å²) < 4.78 is 4.66. The zero-order valence-electron chi connectivity index (χ0n) is 6.83. The van der Waals surface area contributed by atoms with Crippen LogP contribution in [-0.2, 0) is 22.4 Å². The van der Waals surface area contributed by atoms with E-state index in [2.05, 4.69) is 14.9 Å².